The third-order valence-corrected chi connectivity index (χ3v) is 5.34. The Morgan fingerprint density at radius 2 is 2.17 bits per heavy atom. The lowest BCUT2D eigenvalue weighted by molar-refractivity contribution is -0.118. The summed E-state index contributed by atoms with van der Waals surface area (Å²) in [6.45, 7) is 3.94. The largest absolute Gasteiger partial charge is 0.456 e. The van der Waals surface area contributed by atoms with E-state index in [-0.39, 0.29) is 17.4 Å². The predicted molar refractivity (Wildman–Crippen MR) is 83.6 cm³/mol. The minimum Gasteiger partial charge on any atom is -0.456 e. The van der Waals surface area contributed by atoms with Crippen molar-refractivity contribution < 1.29 is 22.4 Å². The van der Waals surface area contributed by atoms with Gasteiger partial charge in [-0.1, -0.05) is 0 Å². The minimum atomic E-state index is -3.17. The van der Waals surface area contributed by atoms with Crippen molar-refractivity contribution in [1.29, 1.82) is 0 Å². The van der Waals surface area contributed by atoms with Crippen molar-refractivity contribution in [2.45, 2.75) is 25.4 Å². The van der Waals surface area contributed by atoms with E-state index in [9.17, 15) is 13.2 Å². The smallest absolute Gasteiger partial charge is 0.289 e. The Bertz CT molecular complexity index is 690. The van der Waals surface area contributed by atoms with Crippen LogP contribution < -0.4 is 4.72 Å². The number of sulfonamides is 1. The zero-order valence-electron chi connectivity index (χ0n) is 13.4. The van der Waals surface area contributed by atoms with Crippen LogP contribution >= 0.6 is 0 Å². The Labute approximate surface area is 136 Å². The Morgan fingerprint density at radius 3 is 2.78 bits per heavy atom. The van der Waals surface area contributed by atoms with Crippen LogP contribution in [-0.4, -0.2) is 57.3 Å². The first-order chi connectivity index (χ1) is 10.8. The molecule has 0 radical (unpaired) electrons. The number of carbonyl (C=O) groups is 1. The molecule has 8 heteroatoms. The number of aryl methyl sites for hydroxylation is 1. The summed E-state index contributed by atoms with van der Waals surface area (Å²) < 4.78 is 36.1. The number of amides is 1. The lowest BCUT2D eigenvalue weighted by atomic mass is 9.79. The van der Waals surface area contributed by atoms with E-state index in [2.05, 4.69) is 4.72 Å². The van der Waals surface area contributed by atoms with Crippen LogP contribution in [0.4, 0.5) is 0 Å². The fourth-order valence-electron chi connectivity index (χ4n) is 3.41. The van der Waals surface area contributed by atoms with E-state index in [1.807, 2.05) is 0 Å². The van der Waals surface area contributed by atoms with Crippen molar-refractivity contribution in [1.82, 2.24) is 9.62 Å². The van der Waals surface area contributed by atoms with Crippen LogP contribution in [0.15, 0.2) is 16.5 Å². The van der Waals surface area contributed by atoms with Gasteiger partial charge in [0.1, 0.15) is 11.4 Å². The van der Waals surface area contributed by atoms with Gasteiger partial charge in [-0.3, -0.25) is 4.79 Å². The first kappa shape index (κ1) is 16.5. The molecule has 0 aromatic carbocycles. The molecular weight excluding hydrogens is 320 g/mol. The topological polar surface area (TPSA) is 88.9 Å². The number of nitrogens with one attached hydrogen (secondary N) is 1. The van der Waals surface area contributed by atoms with Gasteiger partial charge in [0, 0.05) is 13.2 Å². The first-order valence-corrected chi connectivity index (χ1v) is 9.62. The fraction of sp³-hybridized carbons (Fsp3) is 0.667. The highest BCUT2D eigenvalue weighted by atomic mass is 32.2. The highest BCUT2D eigenvalue weighted by molar-refractivity contribution is 7.88. The van der Waals surface area contributed by atoms with Gasteiger partial charge in [-0.05, 0) is 37.8 Å². The van der Waals surface area contributed by atoms with Gasteiger partial charge in [0.15, 0.2) is 5.76 Å². The van der Waals surface area contributed by atoms with Gasteiger partial charge >= 0.3 is 0 Å². The molecular formula is C15H22N2O5S. The number of rotatable bonds is 5. The summed E-state index contributed by atoms with van der Waals surface area (Å²) in [4.78, 5) is 14.0. The van der Waals surface area contributed by atoms with E-state index in [4.69, 9.17) is 9.15 Å². The maximum absolute atomic E-state index is 12.3. The second kappa shape index (κ2) is 5.92. The third-order valence-electron chi connectivity index (χ3n) is 4.61. The molecule has 2 aliphatic rings. The molecule has 0 bridgehead atoms. The van der Waals surface area contributed by atoms with Crippen LogP contribution in [0.3, 0.4) is 0 Å². The summed E-state index contributed by atoms with van der Waals surface area (Å²) >= 11 is 0. The number of nitrogens with zero attached hydrogens (tertiary/aromatic N) is 1. The van der Waals surface area contributed by atoms with E-state index < -0.39 is 10.0 Å². The zero-order valence-corrected chi connectivity index (χ0v) is 14.2. The van der Waals surface area contributed by atoms with Gasteiger partial charge in [0.05, 0.1) is 19.3 Å². The number of carbonyl (C=O) groups excluding carboxylic acids is 1. The summed E-state index contributed by atoms with van der Waals surface area (Å²) in [5.41, 5.74) is -0.323. The second-order valence-electron chi connectivity index (χ2n) is 6.43. The van der Waals surface area contributed by atoms with Crippen molar-refractivity contribution in [3.05, 3.63) is 23.7 Å². The number of hydrogen-bond acceptors (Lipinski definition) is 5. The third kappa shape index (κ3) is 3.44. The summed E-state index contributed by atoms with van der Waals surface area (Å²) in [7, 11) is -3.17. The lowest BCUT2D eigenvalue weighted by Gasteiger charge is -2.50. The maximum atomic E-state index is 12.3. The molecule has 1 aromatic rings. The van der Waals surface area contributed by atoms with E-state index >= 15 is 0 Å². The first-order valence-electron chi connectivity index (χ1n) is 7.73. The molecule has 1 spiro atoms. The number of likely N-dealkylation sites (tertiary alicyclic amines) is 1. The summed E-state index contributed by atoms with van der Waals surface area (Å²) in [6, 6.07) is 3.46. The molecule has 0 saturated carbocycles. The number of furan rings is 1. The standard InChI is InChI=1S/C15H22N2O5S/c1-11-3-4-13(22-11)14(18)17-9-15(10-17)12(6-8-21-15)5-7-16-23(2,19)20/h3-4,12,16H,5-10H2,1-2H3/t12-/m0/s1. The average molecular weight is 342 g/mol. The summed E-state index contributed by atoms with van der Waals surface area (Å²) in [5, 5.41) is 0. The molecule has 0 aliphatic carbocycles. The molecule has 3 rings (SSSR count). The highest BCUT2D eigenvalue weighted by Crippen LogP contribution is 2.42. The molecule has 23 heavy (non-hydrogen) atoms. The van der Waals surface area contributed by atoms with Crippen molar-refractivity contribution >= 4 is 15.9 Å². The van der Waals surface area contributed by atoms with E-state index in [0.29, 0.717) is 37.8 Å². The second-order valence-corrected chi connectivity index (χ2v) is 8.26. The van der Waals surface area contributed by atoms with E-state index in [1.54, 1.807) is 24.0 Å². The molecule has 3 heterocycles. The Kier molecular flexibility index (Phi) is 4.24. The molecule has 1 aromatic heterocycles. The van der Waals surface area contributed by atoms with Crippen LogP contribution in [0.5, 0.6) is 0 Å². The van der Waals surface area contributed by atoms with Crippen LogP contribution in [0.1, 0.15) is 29.2 Å². The molecule has 2 saturated heterocycles. The number of hydrogen-bond donors (Lipinski definition) is 1. The highest BCUT2D eigenvalue weighted by Gasteiger charge is 2.54. The van der Waals surface area contributed by atoms with Crippen LogP contribution in [0.2, 0.25) is 0 Å². The normalized spacial score (nSPS) is 23.2. The maximum Gasteiger partial charge on any atom is 0.289 e. The van der Waals surface area contributed by atoms with Crippen molar-refractivity contribution in [2.24, 2.45) is 5.92 Å². The molecule has 2 fully saturated rings. The van der Waals surface area contributed by atoms with Gasteiger partial charge in [-0.15, -0.1) is 0 Å². The minimum absolute atomic E-state index is 0.118. The van der Waals surface area contributed by atoms with Crippen LogP contribution in [-0.2, 0) is 14.8 Å². The Hall–Kier alpha value is -1.38. The summed E-state index contributed by atoms with van der Waals surface area (Å²) in [5.74, 6) is 1.21. The molecule has 1 atom stereocenters. The van der Waals surface area contributed by atoms with Gasteiger partial charge in [0.25, 0.3) is 5.91 Å². The Morgan fingerprint density at radius 1 is 1.43 bits per heavy atom. The average Bonchev–Trinajstić information content (AvgIpc) is 3.01. The Balaban J connectivity index is 1.56. The molecule has 1 amide bonds. The van der Waals surface area contributed by atoms with Crippen LogP contribution in [0.25, 0.3) is 0 Å². The quantitative estimate of drug-likeness (QED) is 0.853. The van der Waals surface area contributed by atoms with Gasteiger partial charge in [0.2, 0.25) is 10.0 Å². The van der Waals surface area contributed by atoms with Crippen LogP contribution in [0, 0.1) is 12.8 Å². The van der Waals surface area contributed by atoms with Gasteiger partial charge < -0.3 is 14.1 Å². The van der Waals surface area contributed by atoms with Gasteiger partial charge in [-0.25, -0.2) is 13.1 Å². The molecule has 2 aliphatic heterocycles. The van der Waals surface area contributed by atoms with Gasteiger partial charge in [-0.2, -0.15) is 0 Å². The monoisotopic (exact) mass is 342 g/mol. The van der Waals surface area contributed by atoms with Crippen molar-refractivity contribution in [2.75, 3.05) is 32.5 Å². The lowest BCUT2D eigenvalue weighted by Crippen LogP contribution is -2.66. The van der Waals surface area contributed by atoms with E-state index in [1.165, 1.54) is 0 Å². The predicted octanol–water partition coefficient (Wildman–Crippen LogP) is 0.758. The number of ether oxygens (including phenoxy) is 1. The van der Waals surface area contributed by atoms with Crippen molar-refractivity contribution in [3.8, 4) is 0 Å². The molecule has 128 valence electrons. The molecule has 1 N–H and O–H groups in total. The fourth-order valence-corrected chi connectivity index (χ4v) is 3.90. The SMILES string of the molecule is Cc1ccc(C(=O)N2CC3(C2)OCC[C@@H]3CCNS(C)(=O)=O)o1. The molecule has 0 unspecified atom stereocenters. The summed E-state index contributed by atoms with van der Waals surface area (Å²) in [6.07, 6.45) is 2.77. The van der Waals surface area contributed by atoms with E-state index in [0.717, 1.165) is 19.1 Å². The molecule has 7 nitrogen and oxygen atoms in total. The van der Waals surface area contributed by atoms with Crippen molar-refractivity contribution in [3.63, 3.8) is 0 Å². The zero-order chi connectivity index (χ0) is 16.7.